The van der Waals surface area contributed by atoms with Crippen LogP contribution in [0.4, 0.5) is 0 Å². The Hall–Kier alpha value is -2.15. The summed E-state index contributed by atoms with van der Waals surface area (Å²) in [6.07, 6.45) is 1.40. The number of carbonyl (C=O) groups is 1. The number of hydrogen-bond acceptors (Lipinski definition) is 5. The molecule has 0 aromatic carbocycles. The maximum atomic E-state index is 13.0. The van der Waals surface area contributed by atoms with Gasteiger partial charge in [-0.3, -0.25) is 9.59 Å². The lowest BCUT2D eigenvalue weighted by Gasteiger charge is -2.22. The Morgan fingerprint density at radius 3 is 2.70 bits per heavy atom. The van der Waals surface area contributed by atoms with Crippen LogP contribution in [0, 0.1) is 12.8 Å². The van der Waals surface area contributed by atoms with Crippen molar-refractivity contribution < 1.29 is 9.21 Å². The number of aromatic nitrogens is 2. The minimum absolute atomic E-state index is 0.150. The van der Waals surface area contributed by atoms with Crippen LogP contribution in [0.3, 0.4) is 0 Å². The lowest BCUT2D eigenvalue weighted by Crippen LogP contribution is -2.36. The van der Waals surface area contributed by atoms with Gasteiger partial charge < -0.3 is 18.8 Å². The Kier molecular flexibility index (Phi) is 3.75. The highest BCUT2D eigenvalue weighted by atomic mass is 16.3. The molecule has 0 aliphatic carbocycles. The van der Waals surface area contributed by atoms with Crippen molar-refractivity contribution in [1.29, 1.82) is 0 Å². The molecule has 7 nitrogen and oxygen atoms in total. The van der Waals surface area contributed by atoms with Crippen LogP contribution in [0.25, 0.3) is 11.1 Å². The molecular formula is C16H22N4O3. The van der Waals surface area contributed by atoms with Gasteiger partial charge in [0.25, 0.3) is 11.5 Å². The summed E-state index contributed by atoms with van der Waals surface area (Å²) in [4.78, 5) is 33.4. The first-order valence-corrected chi connectivity index (χ1v) is 7.71. The van der Waals surface area contributed by atoms with E-state index < -0.39 is 0 Å². The second kappa shape index (κ2) is 5.49. The standard InChI is InChI=1S/C16H22N4O3/c1-9-6-20(7-11(9)18(3)4)16(22)12-10(2)23-14-13(12)15(21)19(5)8-17-14/h8-9,11H,6-7H2,1-5H3/t9-,11+/m1/s1. The number of likely N-dealkylation sites (N-methyl/N-ethyl adjacent to an activating group) is 1. The van der Waals surface area contributed by atoms with Crippen LogP contribution in [-0.4, -0.2) is 58.5 Å². The van der Waals surface area contributed by atoms with Gasteiger partial charge in [-0.25, -0.2) is 4.98 Å². The van der Waals surface area contributed by atoms with Crippen molar-refractivity contribution in [3.8, 4) is 0 Å². The fourth-order valence-electron chi connectivity index (χ4n) is 3.39. The number of hydrogen-bond donors (Lipinski definition) is 0. The highest BCUT2D eigenvalue weighted by Gasteiger charge is 2.36. The largest absolute Gasteiger partial charge is 0.442 e. The zero-order valence-electron chi connectivity index (χ0n) is 14.2. The average Bonchev–Trinajstić information content (AvgIpc) is 3.03. The van der Waals surface area contributed by atoms with E-state index >= 15 is 0 Å². The number of likely N-dealkylation sites (tertiary alicyclic amines) is 1. The fraction of sp³-hybridized carbons (Fsp3) is 0.562. The van der Waals surface area contributed by atoms with Crippen molar-refractivity contribution in [2.24, 2.45) is 13.0 Å². The first-order chi connectivity index (χ1) is 10.8. The Labute approximate surface area is 134 Å². The van der Waals surface area contributed by atoms with Gasteiger partial charge >= 0.3 is 0 Å². The second-order valence-corrected chi connectivity index (χ2v) is 6.59. The molecule has 2 atom stereocenters. The quantitative estimate of drug-likeness (QED) is 0.821. The summed E-state index contributed by atoms with van der Waals surface area (Å²) in [5.74, 6) is 0.678. The van der Waals surface area contributed by atoms with Gasteiger partial charge in [0.05, 0.1) is 5.56 Å². The zero-order valence-corrected chi connectivity index (χ0v) is 14.2. The van der Waals surface area contributed by atoms with Crippen LogP contribution in [-0.2, 0) is 7.05 Å². The van der Waals surface area contributed by atoms with E-state index in [2.05, 4.69) is 16.8 Å². The summed E-state index contributed by atoms with van der Waals surface area (Å²) in [6, 6.07) is 0.318. The zero-order chi connectivity index (χ0) is 16.9. The van der Waals surface area contributed by atoms with Crippen molar-refractivity contribution >= 4 is 17.0 Å². The van der Waals surface area contributed by atoms with E-state index in [0.29, 0.717) is 36.4 Å². The van der Waals surface area contributed by atoms with Crippen LogP contribution in [0.15, 0.2) is 15.5 Å². The van der Waals surface area contributed by atoms with E-state index in [-0.39, 0.29) is 22.6 Å². The highest BCUT2D eigenvalue weighted by Crippen LogP contribution is 2.26. The Morgan fingerprint density at radius 1 is 1.39 bits per heavy atom. The van der Waals surface area contributed by atoms with Crippen molar-refractivity contribution in [2.45, 2.75) is 19.9 Å². The van der Waals surface area contributed by atoms with Gasteiger partial charge in [0.1, 0.15) is 17.5 Å². The SMILES string of the molecule is Cc1oc2ncn(C)c(=O)c2c1C(=O)N1C[C@@H](C)[C@@H](N(C)C)C1. The molecule has 23 heavy (non-hydrogen) atoms. The van der Waals surface area contributed by atoms with Gasteiger partial charge in [-0.1, -0.05) is 6.92 Å². The maximum Gasteiger partial charge on any atom is 0.265 e. The molecule has 0 spiro atoms. The van der Waals surface area contributed by atoms with Gasteiger partial charge in [-0.15, -0.1) is 0 Å². The van der Waals surface area contributed by atoms with Gasteiger partial charge in [0, 0.05) is 26.2 Å². The van der Waals surface area contributed by atoms with Crippen LogP contribution in [0.2, 0.25) is 0 Å². The molecule has 1 amide bonds. The normalized spacial score (nSPS) is 21.6. The molecule has 3 heterocycles. The summed E-state index contributed by atoms with van der Waals surface area (Å²) in [6.45, 7) is 5.17. The summed E-state index contributed by atoms with van der Waals surface area (Å²) < 4.78 is 6.90. The monoisotopic (exact) mass is 318 g/mol. The van der Waals surface area contributed by atoms with Gasteiger partial charge in [-0.05, 0) is 26.9 Å². The van der Waals surface area contributed by atoms with Crippen LogP contribution in [0.5, 0.6) is 0 Å². The summed E-state index contributed by atoms with van der Waals surface area (Å²) in [7, 11) is 5.66. The molecule has 124 valence electrons. The highest BCUT2D eigenvalue weighted by molar-refractivity contribution is 6.06. The lowest BCUT2D eigenvalue weighted by molar-refractivity contribution is 0.0781. The van der Waals surface area contributed by atoms with E-state index in [0.717, 1.165) is 0 Å². The first-order valence-electron chi connectivity index (χ1n) is 7.71. The fourth-order valence-corrected chi connectivity index (χ4v) is 3.39. The predicted molar refractivity (Wildman–Crippen MR) is 86.5 cm³/mol. The Morgan fingerprint density at radius 2 is 2.09 bits per heavy atom. The van der Waals surface area contributed by atoms with E-state index in [1.165, 1.54) is 10.9 Å². The van der Waals surface area contributed by atoms with Crippen molar-refractivity contribution in [3.05, 3.63) is 28.0 Å². The molecule has 0 saturated carbocycles. The number of aryl methyl sites for hydroxylation is 2. The molecule has 1 aliphatic heterocycles. The molecule has 7 heteroatoms. The number of fused-ring (bicyclic) bond motifs is 1. The maximum absolute atomic E-state index is 13.0. The Bertz CT molecular complexity index is 821. The van der Waals surface area contributed by atoms with E-state index in [1.54, 1.807) is 18.9 Å². The number of carbonyl (C=O) groups excluding carboxylic acids is 1. The topological polar surface area (TPSA) is 71.6 Å². The van der Waals surface area contributed by atoms with E-state index in [1.807, 2.05) is 14.1 Å². The minimum atomic E-state index is -0.258. The molecular weight excluding hydrogens is 296 g/mol. The van der Waals surface area contributed by atoms with Crippen molar-refractivity contribution in [2.75, 3.05) is 27.2 Å². The number of amides is 1. The molecule has 1 saturated heterocycles. The molecule has 0 bridgehead atoms. The van der Waals surface area contributed by atoms with Gasteiger partial charge in [0.15, 0.2) is 0 Å². The van der Waals surface area contributed by atoms with E-state index in [4.69, 9.17) is 4.42 Å². The van der Waals surface area contributed by atoms with Crippen molar-refractivity contribution in [1.82, 2.24) is 19.4 Å². The average molecular weight is 318 g/mol. The van der Waals surface area contributed by atoms with Gasteiger partial charge in [-0.2, -0.15) is 0 Å². The third-order valence-corrected chi connectivity index (χ3v) is 4.69. The third-order valence-electron chi connectivity index (χ3n) is 4.69. The number of nitrogens with zero attached hydrogens (tertiary/aromatic N) is 4. The van der Waals surface area contributed by atoms with Crippen LogP contribution in [0.1, 0.15) is 23.0 Å². The van der Waals surface area contributed by atoms with Crippen LogP contribution >= 0.6 is 0 Å². The first kappa shape index (κ1) is 15.7. The van der Waals surface area contributed by atoms with Crippen molar-refractivity contribution in [3.63, 3.8) is 0 Å². The number of furan rings is 1. The molecule has 3 rings (SSSR count). The molecule has 2 aromatic heterocycles. The molecule has 1 aliphatic rings. The molecule has 0 N–H and O–H groups in total. The van der Waals surface area contributed by atoms with Crippen LogP contribution < -0.4 is 5.56 Å². The predicted octanol–water partition coefficient (Wildman–Crippen LogP) is 0.857. The third kappa shape index (κ3) is 2.45. The van der Waals surface area contributed by atoms with Gasteiger partial charge in [0.2, 0.25) is 5.71 Å². The summed E-state index contributed by atoms with van der Waals surface area (Å²) in [5, 5.41) is 0.276. The Balaban J connectivity index is 2.04. The molecule has 0 unspecified atom stereocenters. The van der Waals surface area contributed by atoms with E-state index in [9.17, 15) is 9.59 Å². The smallest absolute Gasteiger partial charge is 0.265 e. The molecule has 0 radical (unpaired) electrons. The lowest BCUT2D eigenvalue weighted by atomic mass is 10.1. The summed E-state index contributed by atoms with van der Waals surface area (Å²) >= 11 is 0. The molecule has 1 fully saturated rings. The summed E-state index contributed by atoms with van der Waals surface area (Å²) in [5.41, 5.74) is 0.317. The second-order valence-electron chi connectivity index (χ2n) is 6.59. The minimum Gasteiger partial charge on any atom is -0.442 e. The molecule has 2 aromatic rings. The number of rotatable bonds is 2.